The van der Waals surface area contributed by atoms with Crippen molar-refractivity contribution in [3.8, 4) is 0 Å². The van der Waals surface area contributed by atoms with Crippen molar-refractivity contribution in [3.05, 3.63) is 71.3 Å². The molecule has 28 heavy (non-hydrogen) atoms. The molecule has 3 rings (SSSR count). The molecule has 1 saturated heterocycles. The zero-order valence-corrected chi connectivity index (χ0v) is 17.3. The van der Waals surface area contributed by atoms with Gasteiger partial charge in [0, 0.05) is 38.3 Å². The Morgan fingerprint density at radius 1 is 1.14 bits per heavy atom. The third kappa shape index (κ3) is 5.91. The summed E-state index contributed by atoms with van der Waals surface area (Å²) in [7, 11) is 0. The molecule has 1 amide bonds. The summed E-state index contributed by atoms with van der Waals surface area (Å²) in [5, 5.41) is 0. The van der Waals surface area contributed by atoms with Crippen LogP contribution in [0.1, 0.15) is 35.3 Å². The summed E-state index contributed by atoms with van der Waals surface area (Å²) in [6.07, 6.45) is 0.0469. The van der Waals surface area contributed by atoms with Gasteiger partial charge in [-0.15, -0.1) is 0 Å². The van der Waals surface area contributed by atoms with Crippen LogP contribution in [0.25, 0.3) is 0 Å². The Labute approximate surface area is 169 Å². The lowest BCUT2D eigenvalue weighted by Gasteiger charge is -2.36. The van der Waals surface area contributed by atoms with E-state index in [1.54, 1.807) is 0 Å². The Morgan fingerprint density at radius 3 is 2.54 bits per heavy atom. The minimum atomic E-state index is 0.0469. The van der Waals surface area contributed by atoms with Gasteiger partial charge in [-0.1, -0.05) is 61.9 Å². The molecule has 0 unspecified atom stereocenters. The van der Waals surface area contributed by atoms with Gasteiger partial charge in [0.1, 0.15) is 0 Å². The van der Waals surface area contributed by atoms with Gasteiger partial charge in [-0.05, 0) is 30.5 Å². The van der Waals surface area contributed by atoms with Crippen molar-refractivity contribution < 1.29 is 9.53 Å². The third-order valence-corrected chi connectivity index (χ3v) is 5.07. The molecule has 0 bridgehead atoms. The first-order valence-electron chi connectivity index (χ1n) is 10.2. The number of carbonyl (C=O) groups is 1. The molecule has 1 fully saturated rings. The number of benzene rings is 2. The van der Waals surface area contributed by atoms with Crippen LogP contribution in [0.4, 0.5) is 0 Å². The van der Waals surface area contributed by atoms with Crippen LogP contribution in [-0.2, 0) is 11.3 Å². The molecule has 0 aliphatic carbocycles. The molecule has 1 heterocycles. The molecule has 1 aliphatic heterocycles. The third-order valence-electron chi connectivity index (χ3n) is 5.07. The Balaban J connectivity index is 1.63. The SMILES string of the molecule is Cc1ccc(CN2CCO[C@H](CN(CC(C)C)C(=O)c3ccccc3)C2)cc1. The minimum Gasteiger partial charge on any atom is -0.374 e. The first kappa shape index (κ1) is 20.6. The molecule has 4 nitrogen and oxygen atoms in total. The van der Waals surface area contributed by atoms with Crippen LogP contribution < -0.4 is 0 Å². The van der Waals surface area contributed by atoms with Crippen LogP contribution in [0.2, 0.25) is 0 Å². The maximum absolute atomic E-state index is 13.0. The predicted molar refractivity (Wildman–Crippen MR) is 113 cm³/mol. The van der Waals surface area contributed by atoms with Crippen molar-refractivity contribution in [2.24, 2.45) is 5.92 Å². The molecule has 4 heteroatoms. The zero-order valence-electron chi connectivity index (χ0n) is 17.3. The highest BCUT2D eigenvalue weighted by molar-refractivity contribution is 5.94. The molecule has 1 aliphatic rings. The second-order valence-corrected chi connectivity index (χ2v) is 8.18. The number of amides is 1. The van der Waals surface area contributed by atoms with Crippen molar-refractivity contribution in [1.29, 1.82) is 0 Å². The summed E-state index contributed by atoms with van der Waals surface area (Å²) in [5.41, 5.74) is 3.36. The number of morpholine rings is 1. The van der Waals surface area contributed by atoms with Crippen LogP contribution in [0.3, 0.4) is 0 Å². The van der Waals surface area contributed by atoms with Gasteiger partial charge in [0.15, 0.2) is 0 Å². The van der Waals surface area contributed by atoms with Gasteiger partial charge >= 0.3 is 0 Å². The highest BCUT2D eigenvalue weighted by Gasteiger charge is 2.26. The monoisotopic (exact) mass is 380 g/mol. The van der Waals surface area contributed by atoms with Gasteiger partial charge in [0.05, 0.1) is 12.7 Å². The van der Waals surface area contributed by atoms with E-state index in [9.17, 15) is 4.79 Å². The van der Waals surface area contributed by atoms with E-state index in [1.165, 1.54) is 11.1 Å². The van der Waals surface area contributed by atoms with E-state index in [-0.39, 0.29) is 12.0 Å². The number of hydrogen-bond donors (Lipinski definition) is 0. The molecular formula is C24H32N2O2. The Hall–Kier alpha value is -2.17. The highest BCUT2D eigenvalue weighted by Crippen LogP contribution is 2.15. The summed E-state index contributed by atoms with van der Waals surface area (Å²) in [6, 6.07) is 18.3. The molecule has 0 aromatic heterocycles. The van der Waals surface area contributed by atoms with Crippen molar-refractivity contribution >= 4 is 5.91 Å². The molecule has 1 atom stereocenters. The molecule has 0 saturated carbocycles. The van der Waals surface area contributed by atoms with Gasteiger partial charge in [-0.25, -0.2) is 0 Å². The lowest BCUT2D eigenvalue weighted by molar-refractivity contribution is -0.0438. The molecule has 0 radical (unpaired) electrons. The Bertz CT molecular complexity index is 743. The quantitative estimate of drug-likeness (QED) is 0.728. The number of carbonyl (C=O) groups excluding carboxylic acids is 1. The lowest BCUT2D eigenvalue weighted by atomic mass is 10.1. The van der Waals surface area contributed by atoms with E-state index in [2.05, 4.69) is 49.9 Å². The zero-order chi connectivity index (χ0) is 19.9. The summed E-state index contributed by atoms with van der Waals surface area (Å²) in [5.74, 6) is 0.508. The predicted octanol–water partition coefficient (Wildman–Crippen LogP) is 3.99. The normalized spacial score (nSPS) is 17.6. The number of rotatable bonds is 7. The van der Waals surface area contributed by atoms with E-state index >= 15 is 0 Å². The van der Waals surface area contributed by atoms with Crippen LogP contribution in [-0.4, -0.2) is 54.6 Å². The van der Waals surface area contributed by atoms with E-state index < -0.39 is 0 Å². The van der Waals surface area contributed by atoms with Gasteiger partial charge in [-0.2, -0.15) is 0 Å². The fraction of sp³-hybridized carbons (Fsp3) is 0.458. The molecule has 2 aromatic rings. The van der Waals surface area contributed by atoms with E-state index in [1.807, 2.05) is 35.2 Å². The van der Waals surface area contributed by atoms with E-state index in [4.69, 9.17) is 4.74 Å². The first-order chi connectivity index (χ1) is 13.5. The standard InChI is InChI=1S/C24H32N2O2/c1-19(2)15-26(24(27)22-7-5-4-6-8-22)18-23-17-25(13-14-28-23)16-21-11-9-20(3)10-12-21/h4-12,19,23H,13-18H2,1-3H3/t23-/m0/s1. The number of nitrogens with zero attached hydrogens (tertiary/aromatic N) is 2. The van der Waals surface area contributed by atoms with Crippen LogP contribution >= 0.6 is 0 Å². The van der Waals surface area contributed by atoms with E-state index in [0.717, 1.165) is 31.7 Å². The fourth-order valence-electron chi connectivity index (χ4n) is 3.68. The smallest absolute Gasteiger partial charge is 0.253 e. The second kappa shape index (κ2) is 9.85. The summed E-state index contributed by atoms with van der Waals surface area (Å²) < 4.78 is 6.03. The maximum Gasteiger partial charge on any atom is 0.253 e. The maximum atomic E-state index is 13.0. The number of hydrogen-bond acceptors (Lipinski definition) is 3. The van der Waals surface area contributed by atoms with Crippen molar-refractivity contribution in [2.75, 3.05) is 32.8 Å². The lowest BCUT2D eigenvalue weighted by Crippen LogP contribution is -2.49. The number of ether oxygens (including phenoxy) is 1. The van der Waals surface area contributed by atoms with Gasteiger partial charge in [-0.3, -0.25) is 9.69 Å². The van der Waals surface area contributed by atoms with Crippen molar-refractivity contribution in [2.45, 2.75) is 33.4 Å². The topological polar surface area (TPSA) is 32.8 Å². The van der Waals surface area contributed by atoms with E-state index in [0.29, 0.717) is 19.1 Å². The van der Waals surface area contributed by atoms with Crippen molar-refractivity contribution in [1.82, 2.24) is 9.80 Å². The summed E-state index contributed by atoms with van der Waals surface area (Å²) in [6.45, 7) is 11.2. The Morgan fingerprint density at radius 2 is 1.86 bits per heavy atom. The average molecular weight is 381 g/mol. The average Bonchev–Trinajstić information content (AvgIpc) is 2.69. The van der Waals surface area contributed by atoms with Gasteiger partial charge in [0.25, 0.3) is 5.91 Å². The van der Waals surface area contributed by atoms with Crippen LogP contribution in [0.5, 0.6) is 0 Å². The summed E-state index contributed by atoms with van der Waals surface area (Å²) in [4.78, 5) is 17.4. The number of aryl methyl sites for hydroxylation is 1. The molecular weight excluding hydrogens is 348 g/mol. The molecule has 150 valence electrons. The molecule has 2 aromatic carbocycles. The van der Waals surface area contributed by atoms with Gasteiger partial charge < -0.3 is 9.64 Å². The highest BCUT2D eigenvalue weighted by atomic mass is 16.5. The molecule has 0 spiro atoms. The second-order valence-electron chi connectivity index (χ2n) is 8.18. The molecule has 0 N–H and O–H groups in total. The van der Waals surface area contributed by atoms with Crippen LogP contribution in [0, 0.1) is 12.8 Å². The van der Waals surface area contributed by atoms with Crippen molar-refractivity contribution in [3.63, 3.8) is 0 Å². The summed E-state index contributed by atoms with van der Waals surface area (Å²) >= 11 is 0. The first-order valence-corrected chi connectivity index (χ1v) is 10.2. The Kier molecular flexibility index (Phi) is 7.24. The van der Waals surface area contributed by atoms with Crippen LogP contribution in [0.15, 0.2) is 54.6 Å². The van der Waals surface area contributed by atoms with Gasteiger partial charge in [0.2, 0.25) is 0 Å². The largest absolute Gasteiger partial charge is 0.374 e. The fourth-order valence-corrected chi connectivity index (χ4v) is 3.68. The minimum absolute atomic E-state index is 0.0469.